The average Bonchev–Trinajstić information content (AvgIpc) is 2.34. The van der Waals surface area contributed by atoms with Gasteiger partial charge in [-0.1, -0.05) is 12.1 Å². The standard InChI is InChI=1S/C12H13BrClNO3/c13-12-8(2-1-3-11(12)15(16)17)6-9-7-18-5-4-10(9)14/h1-3,9-10H,4-7H2. The van der Waals surface area contributed by atoms with Gasteiger partial charge in [0.2, 0.25) is 0 Å². The smallest absolute Gasteiger partial charge is 0.283 e. The largest absolute Gasteiger partial charge is 0.381 e. The lowest BCUT2D eigenvalue weighted by atomic mass is 9.93. The molecule has 1 fully saturated rings. The molecule has 1 aliphatic heterocycles. The van der Waals surface area contributed by atoms with Crippen LogP contribution in [0.5, 0.6) is 0 Å². The van der Waals surface area contributed by atoms with Crippen LogP contribution in [-0.4, -0.2) is 23.5 Å². The van der Waals surface area contributed by atoms with E-state index in [0.717, 1.165) is 12.0 Å². The van der Waals surface area contributed by atoms with Crippen LogP contribution >= 0.6 is 27.5 Å². The molecule has 6 heteroatoms. The van der Waals surface area contributed by atoms with Crippen LogP contribution in [0.3, 0.4) is 0 Å². The topological polar surface area (TPSA) is 52.4 Å². The molecular formula is C12H13BrClNO3. The lowest BCUT2D eigenvalue weighted by molar-refractivity contribution is -0.385. The van der Waals surface area contributed by atoms with Crippen LogP contribution in [0, 0.1) is 16.0 Å². The second-order valence-corrected chi connectivity index (χ2v) is 5.70. The molecule has 0 amide bonds. The zero-order valence-electron chi connectivity index (χ0n) is 9.64. The molecule has 0 bridgehead atoms. The van der Waals surface area contributed by atoms with Crippen LogP contribution in [0.15, 0.2) is 22.7 Å². The van der Waals surface area contributed by atoms with Crippen LogP contribution in [0.2, 0.25) is 0 Å². The second kappa shape index (κ2) is 5.99. The molecule has 0 spiro atoms. The molecule has 2 rings (SSSR count). The Hall–Kier alpha value is -0.650. The van der Waals surface area contributed by atoms with Gasteiger partial charge in [-0.25, -0.2) is 0 Å². The van der Waals surface area contributed by atoms with Crippen molar-refractivity contribution in [2.45, 2.75) is 18.2 Å². The summed E-state index contributed by atoms with van der Waals surface area (Å²) < 4.78 is 5.95. The molecule has 4 nitrogen and oxygen atoms in total. The van der Waals surface area contributed by atoms with E-state index in [1.165, 1.54) is 6.07 Å². The first-order valence-electron chi connectivity index (χ1n) is 5.73. The summed E-state index contributed by atoms with van der Waals surface area (Å²) in [5.74, 6) is 0.207. The zero-order valence-corrected chi connectivity index (χ0v) is 12.0. The maximum Gasteiger partial charge on any atom is 0.283 e. The number of nitro benzene ring substituents is 1. The van der Waals surface area contributed by atoms with Gasteiger partial charge >= 0.3 is 0 Å². The molecule has 1 aromatic carbocycles. The second-order valence-electron chi connectivity index (χ2n) is 4.35. The summed E-state index contributed by atoms with van der Waals surface area (Å²) in [5.41, 5.74) is 1.00. The van der Waals surface area contributed by atoms with E-state index in [-0.39, 0.29) is 21.9 Å². The highest BCUT2D eigenvalue weighted by atomic mass is 79.9. The lowest BCUT2D eigenvalue weighted by Gasteiger charge is -2.27. The molecule has 1 aromatic rings. The molecule has 0 radical (unpaired) electrons. The van der Waals surface area contributed by atoms with Gasteiger partial charge in [0.1, 0.15) is 0 Å². The molecular weight excluding hydrogens is 321 g/mol. The van der Waals surface area contributed by atoms with Crippen LogP contribution in [-0.2, 0) is 11.2 Å². The Morgan fingerprint density at radius 2 is 2.33 bits per heavy atom. The van der Waals surface area contributed by atoms with Crippen molar-refractivity contribution in [2.24, 2.45) is 5.92 Å². The molecule has 98 valence electrons. The van der Waals surface area contributed by atoms with Crippen molar-refractivity contribution in [3.8, 4) is 0 Å². The molecule has 0 N–H and O–H groups in total. The van der Waals surface area contributed by atoms with Crippen molar-refractivity contribution in [1.29, 1.82) is 0 Å². The Kier molecular flexibility index (Phi) is 4.59. The average molecular weight is 335 g/mol. The third-order valence-corrected chi connectivity index (χ3v) is 4.61. The number of hydrogen-bond acceptors (Lipinski definition) is 3. The van der Waals surface area contributed by atoms with Gasteiger partial charge in [-0.2, -0.15) is 0 Å². The minimum Gasteiger partial charge on any atom is -0.381 e. The molecule has 1 heterocycles. The monoisotopic (exact) mass is 333 g/mol. The molecule has 18 heavy (non-hydrogen) atoms. The van der Waals surface area contributed by atoms with Crippen molar-refractivity contribution in [1.82, 2.24) is 0 Å². The fourth-order valence-corrected chi connectivity index (χ4v) is 2.93. The van der Waals surface area contributed by atoms with E-state index >= 15 is 0 Å². The highest BCUT2D eigenvalue weighted by Crippen LogP contribution is 2.32. The Labute approximate surface area is 119 Å². The number of alkyl halides is 1. The number of halogens is 2. The summed E-state index contributed by atoms with van der Waals surface area (Å²) in [7, 11) is 0. The van der Waals surface area contributed by atoms with E-state index < -0.39 is 0 Å². The third kappa shape index (κ3) is 3.02. The number of hydrogen-bond donors (Lipinski definition) is 0. The van der Waals surface area contributed by atoms with Gasteiger partial charge in [-0.15, -0.1) is 11.6 Å². The molecule has 1 aliphatic rings. The zero-order chi connectivity index (χ0) is 13.1. The highest BCUT2D eigenvalue weighted by Gasteiger charge is 2.26. The van der Waals surface area contributed by atoms with E-state index in [0.29, 0.717) is 24.1 Å². The maximum atomic E-state index is 10.9. The van der Waals surface area contributed by atoms with Gasteiger partial charge in [-0.3, -0.25) is 10.1 Å². The number of nitro groups is 1. The van der Waals surface area contributed by atoms with Gasteiger partial charge in [0, 0.05) is 24.0 Å². The Morgan fingerprint density at radius 3 is 3.00 bits per heavy atom. The molecule has 0 saturated carbocycles. The number of rotatable bonds is 3. The molecule has 1 saturated heterocycles. The van der Waals surface area contributed by atoms with Crippen molar-refractivity contribution in [2.75, 3.05) is 13.2 Å². The van der Waals surface area contributed by atoms with Crippen molar-refractivity contribution >= 4 is 33.2 Å². The highest BCUT2D eigenvalue weighted by molar-refractivity contribution is 9.10. The molecule has 0 aromatic heterocycles. The fourth-order valence-electron chi connectivity index (χ4n) is 2.10. The predicted molar refractivity (Wildman–Crippen MR) is 73.1 cm³/mol. The summed E-state index contributed by atoms with van der Waals surface area (Å²) in [6.07, 6.45) is 1.52. The van der Waals surface area contributed by atoms with Gasteiger partial charge in [0.25, 0.3) is 5.69 Å². The third-order valence-electron chi connectivity index (χ3n) is 3.12. The summed E-state index contributed by atoms with van der Waals surface area (Å²) in [6, 6.07) is 5.07. The van der Waals surface area contributed by atoms with E-state index in [1.54, 1.807) is 6.07 Å². The summed E-state index contributed by atoms with van der Waals surface area (Å²) >= 11 is 9.56. The Bertz CT molecular complexity index is 455. The predicted octanol–water partition coefficient (Wildman–Crippen LogP) is 3.54. The van der Waals surface area contributed by atoms with Crippen LogP contribution in [0.25, 0.3) is 0 Å². The molecule has 0 aliphatic carbocycles. The van der Waals surface area contributed by atoms with E-state index in [4.69, 9.17) is 16.3 Å². The number of nitrogens with zero attached hydrogens (tertiary/aromatic N) is 1. The van der Waals surface area contributed by atoms with Crippen LogP contribution < -0.4 is 0 Å². The van der Waals surface area contributed by atoms with E-state index in [9.17, 15) is 10.1 Å². The Morgan fingerprint density at radius 1 is 1.56 bits per heavy atom. The van der Waals surface area contributed by atoms with Crippen LogP contribution in [0.1, 0.15) is 12.0 Å². The van der Waals surface area contributed by atoms with Crippen molar-refractivity contribution in [3.63, 3.8) is 0 Å². The molecule has 2 atom stereocenters. The first-order valence-corrected chi connectivity index (χ1v) is 6.96. The Balaban J connectivity index is 2.18. The van der Waals surface area contributed by atoms with Gasteiger partial charge in [-0.05, 0) is 34.3 Å². The fraction of sp³-hybridized carbons (Fsp3) is 0.500. The lowest BCUT2D eigenvalue weighted by Crippen LogP contribution is -2.29. The SMILES string of the molecule is O=[N+]([O-])c1cccc(CC2COCCC2Cl)c1Br. The minimum atomic E-state index is -0.386. The van der Waals surface area contributed by atoms with E-state index in [1.807, 2.05) is 6.07 Å². The first kappa shape index (κ1) is 13.8. The van der Waals surface area contributed by atoms with Crippen molar-refractivity contribution in [3.05, 3.63) is 38.3 Å². The van der Waals surface area contributed by atoms with E-state index in [2.05, 4.69) is 15.9 Å². The quantitative estimate of drug-likeness (QED) is 0.482. The maximum absolute atomic E-state index is 10.9. The number of ether oxygens (including phenoxy) is 1. The van der Waals surface area contributed by atoms with Gasteiger partial charge in [0.05, 0.1) is 16.0 Å². The van der Waals surface area contributed by atoms with Gasteiger partial charge < -0.3 is 4.74 Å². The summed E-state index contributed by atoms with van der Waals surface area (Å²) in [4.78, 5) is 10.5. The minimum absolute atomic E-state index is 0.0740. The molecule has 2 unspecified atom stereocenters. The van der Waals surface area contributed by atoms with Crippen molar-refractivity contribution < 1.29 is 9.66 Å². The normalized spacial score (nSPS) is 23.9. The first-order chi connectivity index (χ1) is 8.59. The summed E-state index contributed by atoms with van der Waals surface area (Å²) in [5, 5.41) is 10.9. The summed E-state index contributed by atoms with van der Waals surface area (Å²) in [6.45, 7) is 1.31. The van der Waals surface area contributed by atoms with Gasteiger partial charge in [0.15, 0.2) is 0 Å². The number of benzene rings is 1. The van der Waals surface area contributed by atoms with Crippen LogP contribution in [0.4, 0.5) is 5.69 Å².